The minimum atomic E-state index is -5.10. The van der Waals surface area contributed by atoms with Crippen LogP contribution in [0.25, 0.3) is 17.3 Å². The summed E-state index contributed by atoms with van der Waals surface area (Å²) in [4.78, 5) is 15.7. The molecule has 3 rings (SSSR count). The fourth-order valence-corrected chi connectivity index (χ4v) is 2.85. The van der Waals surface area contributed by atoms with E-state index in [1.807, 2.05) is 0 Å². The molecule has 1 atom stereocenters. The van der Waals surface area contributed by atoms with Crippen LogP contribution in [0.5, 0.6) is 0 Å². The number of halogens is 6. The molecule has 0 saturated carbocycles. The lowest BCUT2D eigenvalue weighted by Crippen LogP contribution is -2.30. The first-order valence-electron chi connectivity index (χ1n) is 8.46. The van der Waals surface area contributed by atoms with Crippen molar-refractivity contribution in [3.8, 4) is 11.3 Å². The van der Waals surface area contributed by atoms with Gasteiger partial charge in [-0.3, -0.25) is 4.79 Å². The van der Waals surface area contributed by atoms with Crippen LogP contribution in [0.4, 0.5) is 32.3 Å². The molecule has 13 heteroatoms. The van der Waals surface area contributed by atoms with Gasteiger partial charge in [0.1, 0.15) is 11.7 Å². The Morgan fingerprint density at radius 2 is 1.87 bits per heavy atom. The fraction of sp³-hybridized carbons (Fsp3) is 0.294. The third-order valence-corrected chi connectivity index (χ3v) is 4.23. The molecule has 1 fully saturated rings. The summed E-state index contributed by atoms with van der Waals surface area (Å²) < 4.78 is 79.1. The minimum Gasteiger partial charge on any atom is -0.405 e. The summed E-state index contributed by atoms with van der Waals surface area (Å²) in [5, 5.41) is 12.7. The Morgan fingerprint density at radius 3 is 2.43 bits per heavy atom. The third-order valence-electron chi connectivity index (χ3n) is 4.23. The van der Waals surface area contributed by atoms with Crippen molar-refractivity contribution >= 4 is 17.9 Å². The number of carbonyl (C=O) groups excluding carboxylic acids is 1. The highest BCUT2D eigenvalue weighted by molar-refractivity contribution is 5.86. The molecule has 1 aliphatic rings. The van der Waals surface area contributed by atoms with Crippen molar-refractivity contribution in [2.45, 2.75) is 24.8 Å². The second kappa shape index (κ2) is 7.80. The molecule has 4 N–H and O–H groups in total. The number of benzene rings is 1. The van der Waals surface area contributed by atoms with E-state index in [2.05, 4.69) is 25.8 Å². The van der Waals surface area contributed by atoms with Gasteiger partial charge < -0.3 is 16.4 Å². The number of anilines is 1. The molecule has 0 spiro atoms. The lowest BCUT2D eigenvalue weighted by molar-refractivity contribution is -0.142. The van der Waals surface area contributed by atoms with Crippen molar-refractivity contribution in [1.29, 1.82) is 0 Å². The Kier molecular flexibility index (Phi) is 5.55. The lowest BCUT2D eigenvalue weighted by Gasteiger charge is -2.17. The van der Waals surface area contributed by atoms with Crippen LogP contribution >= 0.6 is 0 Å². The third kappa shape index (κ3) is 4.44. The van der Waals surface area contributed by atoms with Crippen molar-refractivity contribution in [3.05, 3.63) is 41.2 Å². The fourth-order valence-electron chi connectivity index (χ4n) is 2.85. The average molecular weight is 432 g/mol. The van der Waals surface area contributed by atoms with E-state index in [4.69, 9.17) is 5.73 Å². The van der Waals surface area contributed by atoms with Gasteiger partial charge in [0, 0.05) is 12.1 Å². The zero-order valence-corrected chi connectivity index (χ0v) is 15.0. The molecule has 2 aromatic rings. The maximum absolute atomic E-state index is 13.5. The Morgan fingerprint density at radius 1 is 1.13 bits per heavy atom. The molecule has 1 aromatic carbocycles. The van der Waals surface area contributed by atoms with Crippen LogP contribution in [0.3, 0.4) is 0 Å². The first-order chi connectivity index (χ1) is 14.0. The molecular formula is C17H14F6N6O. The second-order valence-corrected chi connectivity index (χ2v) is 6.26. The van der Waals surface area contributed by atoms with Crippen molar-refractivity contribution in [3.63, 3.8) is 0 Å². The first kappa shape index (κ1) is 21.3. The molecule has 160 valence electrons. The van der Waals surface area contributed by atoms with E-state index < -0.39 is 40.8 Å². The zero-order chi connectivity index (χ0) is 22.1. The average Bonchev–Trinajstić information content (AvgIpc) is 3.05. The van der Waals surface area contributed by atoms with Crippen LogP contribution in [0.2, 0.25) is 0 Å². The number of amides is 1. The van der Waals surface area contributed by atoms with Crippen molar-refractivity contribution < 1.29 is 31.1 Å². The zero-order valence-electron chi connectivity index (χ0n) is 15.0. The van der Waals surface area contributed by atoms with E-state index in [0.29, 0.717) is 25.1 Å². The maximum atomic E-state index is 13.5. The van der Waals surface area contributed by atoms with E-state index in [-0.39, 0.29) is 23.6 Å². The van der Waals surface area contributed by atoms with Crippen molar-refractivity contribution in [1.82, 2.24) is 20.5 Å². The summed E-state index contributed by atoms with van der Waals surface area (Å²) in [7, 11) is 0. The van der Waals surface area contributed by atoms with E-state index in [1.165, 1.54) is 0 Å². The summed E-state index contributed by atoms with van der Waals surface area (Å²) >= 11 is 0. The van der Waals surface area contributed by atoms with Gasteiger partial charge in [-0.25, -0.2) is 4.98 Å². The predicted octanol–water partition coefficient (Wildman–Crippen LogP) is 2.81. The predicted molar refractivity (Wildman–Crippen MR) is 93.5 cm³/mol. The molecular weight excluding hydrogens is 418 g/mol. The van der Waals surface area contributed by atoms with Gasteiger partial charge >= 0.3 is 12.4 Å². The molecule has 1 saturated heterocycles. The number of hydrogen-bond acceptors (Lipinski definition) is 6. The normalized spacial score (nSPS) is 17.4. The van der Waals surface area contributed by atoms with Crippen LogP contribution in [-0.2, 0) is 17.1 Å². The molecule has 1 aliphatic heterocycles. The molecule has 1 amide bonds. The number of rotatable bonds is 4. The molecule has 1 aromatic heterocycles. The smallest absolute Gasteiger partial charge is 0.405 e. The number of nitrogens with two attached hydrogens (primary N) is 1. The highest BCUT2D eigenvalue weighted by Gasteiger charge is 2.39. The molecule has 30 heavy (non-hydrogen) atoms. The summed E-state index contributed by atoms with van der Waals surface area (Å²) in [6.45, 7) is 0.429. The summed E-state index contributed by atoms with van der Waals surface area (Å²) in [5.41, 5.74) is 1.09. The number of alkyl halides is 6. The summed E-state index contributed by atoms with van der Waals surface area (Å²) in [6, 6.07) is 0.520. The number of nitrogens with one attached hydrogen (secondary N) is 2. The van der Waals surface area contributed by atoms with E-state index in [1.54, 1.807) is 0 Å². The highest BCUT2D eigenvalue weighted by Crippen LogP contribution is 2.41. The van der Waals surface area contributed by atoms with Gasteiger partial charge in [0.15, 0.2) is 0 Å². The monoisotopic (exact) mass is 432 g/mol. The molecule has 0 aliphatic carbocycles. The van der Waals surface area contributed by atoms with E-state index >= 15 is 0 Å². The Balaban J connectivity index is 2.09. The van der Waals surface area contributed by atoms with Gasteiger partial charge in [-0.2, -0.15) is 26.3 Å². The summed E-state index contributed by atoms with van der Waals surface area (Å²) in [5.74, 6) is -0.449. The topological polar surface area (TPSA) is 106 Å². The number of nitrogens with zero attached hydrogens (tertiary/aromatic N) is 3. The van der Waals surface area contributed by atoms with Gasteiger partial charge in [0.25, 0.3) is 0 Å². The Bertz CT molecular complexity index is 988. The lowest BCUT2D eigenvalue weighted by atomic mass is 9.99. The summed E-state index contributed by atoms with van der Waals surface area (Å²) in [6.07, 6.45) is -7.51. The van der Waals surface area contributed by atoms with Crippen LogP contribution in [-0.4, -0.2) is 33.7 Å². The first-order valence-corrected chi connectivity index (χ1v) is 8.46. The quantitative estimate of drug-likeness (QED) is 0.642. The molecule has 0 bridgehead atoms. The number of carbonyl (C=O) groups is 1. The van der Waals surface area contributed by atoms with Crippen LogP contribution in [0.15, 0.2) is 24.4 Å². The SMILES string of the molecule is N/C=C\c1nc(NC2CCNC2=O)nnc1-c1ccc(C(F)(F)F)cc1C(F)(F)F. The minimum absolute atomic E-state index is 0.00196. The van der Waals surface area contributed by atoms with Gasteiger partial charge in [0.2, 0.25) is 11.9 Å². The van der Waals surface area contributed by atoms with Crippen LogP contribution in [0.1, 0.15) is 23.2 Å². The van der Waals surface area contributed by atoms with Gasteiger partial charge in [-0.1, -0.05) is 6.07 Å². The largest absolute Gasteiger partial charge is 0.417 e. The Hall–Kier alpha value is -3.38. The van der Waals surface area contributed by atoms with Crippen LogP contribution < -0.4 is 16.4 Å². The second-order valence-electron chi connectivity index (χ2n) is 6.26. The molecule has 1 unspecified atom stereocenters. The van der Waals surface area contributed by atoms with Gasteiger partial charge in [-0.15, -0.1) is 10.2 Å². The van der Waals surface area contributed by atoms with Crippen molar-refractivity contribution in [2.24, 2.45) is 5.73 Å². The van der Waals surface area contributed by atoms with E-state index in [9.17, 15) is 31.1 Å². The number of aromatic nitrogens is 3. The van der Waals surface area contributed by atoms with Gasteiger partial charge in [-0.05, 0) is 30.8 Å². The molecule has 2 heterocycles. The van der Waals surface area contributed by atoms with Gasteiger partial charge in [0.05, 0.1) is 16.8 Å². The van der Waals surface area contributed by atoms with E-state index in [0.717, 1.165) is 12.3 Å². The Labute approximate surface area is 165 Å². The molecule has 7 nitrogen and oxygen atoms in total. The highest BCUT2D eigenvalue weighted by atomic mass is 19.4. The standard InChI is InChI=1S/C17H14F6N6O/c18-16(19,20)8-1-2-9(10(7-8)17(21,22)23)13-11(3-5-24)26-15(29-28-13)27-12-4-6-25-14(12)30/h1-3,5,7,12H,4,6,24H2,(H,25,30)(H,26,27,29)/b5-3-. The van der Waals surface area contributed by atoms with Crippen molar-refractivity contribution in [2.75, 3.05) is 11.9 Å². The van der Waals surface area contributed by atoms with Crippen LogP contribution in [0, 0.1) is 0 Å². The number of hydrogen-bond donors (Lipinski definition) is 3. The molecule has 0 radical (unpaired) electrons. The maximum Gasteiger partial charge on any atom is 0.417 e.